The predicted molar refractivity (Wildman–Crippen MR) is 127 cm³/mol. The Morgan fingerprint density at radius 1 is 0.941 bits per heavy atom. The first-order valence-corrected chi connectivity index (χ1v) is 11.7. The Kier molecular flexibility index (Phi) is 9.58. The summed E-state index contributed by atoms with van der Waals surface area (Å²) in [6.45, 7) is 4.45. The highest BCUT2D eigenvalue weighted by Crippen LogP contribution is 2.23. The van der Waals surface area contributed by atoms with E-state index in [9.17, 15) is 14.4 Å². The topological polar surface area (TPSA) is 85.4 Å². The summed E-state index contributed by atoms with van der Waals surface area (Å²) in [4.78, 5) is 40.5. The lowest BCUT2D eigenvalue weighted by Crippen LogP contribution is -2.37. The molecule has 1 aliphatic heterocycles. The van der Waals surface area contributed by atoms with Gasteiger partial charge in [0.15, 0.2) is 0 Å². The molecule has 0 bridgehead atoms. The third-order valence-electron chi connectivity index (χ3n) is 5.33. The van der Waals surface area contributed by atoms with Crippen molar-refractivity contribution >= 4 is 29.6 Å². The molecular formula is C25H29ClN2O6. The number of nitrogens with zero attached hydrogens (tertiary/aromatic N) is 2. The second-order valence-corrected chi connectivity index (χ2v) is 8.13. The van der Waals surface area contributed by atoms with E-state index in [-0.39, 0.29) is 18.4 Å². The van der Waals surface area contributed by atoms with E-state index in [0.29, 0.717) is 74.1 Å². The van der Waals surface area contributed by atoms with Gasteiger partial charge >= 0.3 is 6.16 Å². The van der Waals surface area contributed by atoms with Crippen molar-refractivity contribution in [3.05, 3.63) is 59.1 Å². The van der Waals surface area contributed by atoms with E-state index in [2.05, 4.69) is 0 Å². The molecule has 2 amide bonds. The van der Waals surface area contributed by atoms with Crippen LogP contribution in [0.5, 0.6) is 11.5 Å². The molecule has 3 rings (SSSR count). The number of para-hydroxylation sites is 1. The van der Waals surface area contributed by atoms with E-state index < -0.39 is 6.16 Å². The van der Waals surface area contributed by atoms with Crippen LogP contribution in [0.2, 0.25) is 5.02 Å². The van der Waals surface area contributed by atoms with Crippen LogP contribution in [0.4, 0.5) is 4.79 Å². The van der Waals surface area contributed by atoms with Crippen LogP contribution < -0.4 is 9.47 Å². The Bertz CT molecular complexity index is 982. The summed E-state index contributed by atoms with van der Waals surface area (Å²) >= 11 is 6.07. The third-order valence-corrected chi connectivity index (χ3v) is 5.64. The summed E-state index contributed by atoms with van der Waals surface area (Å²) in [6.07, 6.45) is 0.885. The zero-order valence-corrected chi connectivity index (χ0v) is 20.0. The number of hydrogen-bond acceptors (Lipinski definition) is 6. The van der Waals surface area contributed by atoms with E-state index in [0.717, 1.165) is 0 Å². The van der Waals surface area contributed by atoms with Gasteiger partial charge in [0.2, 0.25) is 5.91 Å². The van der Waals surface area contributed by atoms with Gasteiger partial charge in [-0.1, -0.05) is 23.7 Å². The molecule has 0 radical (unpaired) electrons. The third kappa shape index (κ3) is 7.38. The predicted octanol–water partition coefficient (Wildman–Crippen LogP) is 4.41. The Morgan fingerprint density at radius 3 is 2.38 bits per heavy atom. The van der Waals surface area contributed by atoms with Crippen LogP contribution in [0, 0.1) is 0 Å². The molecule has 1 heterocycles. The van der Waals surface area contributed by atoms with E-state index in [1.165, 1.54) is 0 Å². The summed E-state index contributed by atoms with van der Waals surface area (Å²) in [5.74, 6) is 0.852. The highest BCUT2D eigenvalue weighted by molar-refractivity contribution is 6.32. The standard InChI is InChI=1S/C25H29ClN2O6/c1-2-32-25(31)34-20-12-10-19(11-13-20)24(30)28-15-6-14-27(16-17-28)23(29)9-5-18-33-22-8-4-3-7-21(22)26/h3-4,7-8,10-13H,2,5-6,9,14-18H2,1H3. The first kappa shape index (κ1) is 25.4. The Labute approximate surface area is 204 Å². The van der Waals surface area contributed by atoms with Crippen molar-refractivity contribution < 1.29 is 28.6 Å². The van der Waals surface area contributed by atoms with Crippen LogP contribution in [0.15, 0.2) is 48.5 Å². The average molecular weight is 489 g/mol. The number of hydrogen-bond donors (Lipinski definition) is 0. The monoisotopic (exact) mass is 488 g/mol. The largest absolute Gasteiger partial charge is 0.513 e. The molecular weight excluding hydrogens is 460 g/mol. The maximum atomic E-state index is 12.9. The number of rotatable bonds is 8. The number of benzene rings is 2. The van der Waals surface area contributed by atoms with Crippen LogP contribution in [-0.4, -0.2) is 67.2 Å². The average Bonchev–Trinajstić information content (AvgIpc) is 3.09. The molecule has 1 fully saturated rings. The summed E-state index contributed by atoms with van der Waals surface area (Å²) in [5, 5.41) is 0.548. The number of ether oxygens (including phenoxy) is 3. The molecule has 182 valence electrons. The van der Waals surface area contributed by atoms with E-state index in [1.54, 1.807) is 53.1 Å². The molecule has 0 unspecified atom stereocenters. The minimum Gasteiger partial charge on any atom is -0.492 e. The molecule has 1 aliphatic rings. The highest BCUT2D eigenvalue weighted by atomic mass is 35.5. The molecule has 0 saturated carbocycles. The molecule has 2 aromatic carbocycles. The van der Waals surface area contributed by atoms with Crippen LogP contribution in [0.1, 0.15) is 36.5 Å². The highest BCUT2D eigenvalue weighted by Gasteiger charge is 2.23. The van der Waals surface area contributed by atoms with Gasteiger partial charge in [0.05, 0.1) is 18.2 Å². The second kappa shape index (κ2) is 12.8. The quantitative estimate of drug-likeness (QED) is 0.311. The van der Waals surface area contributed by atoms with Crippen molar-refractivity contribution in [2.45, 2.75) is 26.2 Å². The summed E-state index contributed by atoms with van der Waals surface area (Å²) < 4.78 is 15.4. The van der Waals surface area contributed by atoms with Crippen molar-refractivity contribution in [3.63, 3.8) is 0 Å². The number of carbonyl (C=O) groups excluding carboxylic acids is 3. The lowest BCUT2D eigenvalue weighted by atomic mass is 10.2. The first-order valence-electron chi connectivity index (χ1n) is 11.4. The number of carbonyl (C=O) groups is 3. The van der Waals surface area contributed by atoms with Gasteiger partial charge in [-0.15, -0.1) is 0 Å². The smallest absolute Gasteiger partial charge is 0.492 e. The molecule has 0 aliphatic carbocycles. The SMILES string of the molecule is CCOC(=O)Oc1ccc(C(=O)N2CCCN(C(=O)CCCOc3ccccc3Cl)CC2)cc1. The maximum absolute atomic E-state index is 12.9. The van der Waals surface area contributed by atoms with Gasteiger partial charge in [0, 0.05) is 38.2 Å². The van der Waals surface area contributed by atoms with E-state index in [1.807, 2.05) is 12.1 Å². The minimum absolute atomic E-state index is 0.0533. The molecule has 0 N–H and O–H groups in total. The van der Waals surface area contributed by atoms with Gasteiger partial charge in [-0.25, -0.2) is 4.79 Å². The second-order valence-electron chi connectivity index (χ2n) is 7.72. The van der Waals surface area contributed by atoms with Crippen LogP contribution >= 0.6 is 11.6 Å². The van der Waals surface area contributed by atoms with E-state index >= 15 is 0 Å². The first-order chi connectivity index (χ1) is 16.5. The molecule has 0 aromatic heterocycles. The van der Waals surface area contributed by atoms with Gasteiger partial charge in [-0.05, 0) is 56.2 Å². The summed E-state index contributed by atoms with van der Waals surface area (Å²) in [6, 6.07) is 13.6. The normalized spacial score (nSPS) is 13.7. The van der Waals surface area contributed by atoms with Gasteiger partial charge in [0.1, 0.15) is 11.5 Å². The van der Waals surface area contributed by atoms with Crippen molar-refractivity contribution in [2.24, 2.45) is 0 Å². The van der Waals surface area contributed by atoms with Gasteiger partial charge in [-0.3, -0.25) is 9.59 Å². The van der Waals surface area contributed by atoms with Gasteiger partial charge in [-0.2, -0.15) is 0 Å². The Balaban J connectivity index is 1.43. The van der Waals surface area contributed by atoms with Crippen LogP contribution in [0.3, 0.4) is 0 Å². The number of amides is 2. The minimum atomic E-state index is -0.783. The van der Waals surface area contributed by atoms with Crippen molar-refractivity contribution in [3.8, 4) is 11.5 Å². The Morgan fingerprint density at radius 2 is 1.65 bits per heavy atom. The zero-order chi connectivity index (χ0) is 24.3. The zero-order valence-electron chi connectivity index (χ0n) is 19.2. The fourth-order valence-corrected chi connectivity index (χ4v) is 3.78. The van der Waals surface area contributed by atoms with Crippen LogP contribution in [0.25, 0.3) is 0 Å². The van der Waals surface area contributed by atoms with Gasteiger partial charge < -0.3 is 24.0 Å². The summed E-state index contributed by atoms with van der Waals surface area (Å²) in [5.41, 5.74) is 0.493. The number of halogens is 1. The lowest BCUT2D eigenvalue weighted by Gasteiger charge is -2.22. The van der Waals surface area contributed by atoms with Gasteiger partial charge in [0.25, 0.3) is 5.91 Å². The van der Waals surface area contributed by atoms with Crippen molar-refractivity contribution in [1.29, 1.82) is 0 Å². The fourth-order valence-electron chi connectivity index (χ4n) is 3.59. The molecule has 1 saturated heterocycles. The van der Waals surface area contributed by atoms with Crippen molar-refractivity contribution in [1.82, 2.24) is 9.80 Å². The molecule has 9 heteroatoms. The van der Waals surface area contributed by atoms with Crippen LogP contribution in [-0.2, 0) is 9.53 Å². The molecule has 8 nitrogen and oxygen atoms in total. The molecule has 34 heavy (non-hydrogen) atoms. The maximum Gasteiger partial charge on any atom is 0.513 e. The molecule has 0 spiro atoms. The van der Waals surface area contributed by atoms with Crippen molar-refractivity contribution in [2.75, 3.05) is 39.4 Å². The molecule has 2 aromatic rings. The molecule has 0 atom stereocenters. The fraction of sp³-hybridized carbons (Fsp3) is 0.400. The van der Waals surface area contributed by atoms with E-state index in [4.69, 9.17) is 25.8 Å². The summed E-state index contributed by atoms with van der Waals surface area (Å²) in [7, 11) is 0. The Hall–Kier alpha value is -3.26. The lowest BCUT2D eigenvalue weighted by molar-refractivity contribution is -0.131.